The van der Waals surface area contributed by atoms with Crippen molar-refractivity contribution < 1.29 is 4.74 Å². The van der Waals surface area contributed by atoms with Gasteiger partial charge in [0, 0.05) is 17.1 Å². The van der Waals surface area contributed by atoms with Gasteiger partial charge in [0.05, 0.1) is 12.8 Å². The zero-order valence-corrected chi connectivity index (χ0v) is 13.2. The molecule has 1 aromatic carbocycles. The van der Waals surface area contributed by atoms with Gasteiger partial charge >= 0.3 is 0 Å². The van der Waals surface area contributed by atoms with Gasteiger partial charge in [0.1, 0.15) is 5.75 Å². The molecule has 0 radical (unpaired) electrons. The van der Waals surface area contributed by atoms with E-state index in [0.717, 1.165) is 28.4 Å². The van der Waals surface area contributed by atoms with Crippen molar-refractivity contribution in [1.82, 2.24) is 0 Å². The largest absolute Gasteiger partial charge is 0.497 e. The third-order valence-corrected chi connectivity index (χ3v) is 3.99. The molecular weight excluding hydrogens is 290 g/mol. The van der Waals surface area contributed by atoms with E-state index in [1.807, 2.05) is 18.2 Å². The van der Waals surface area contributed by atoms with Crippen molar-refractivity contribution in [3.8, 4) is 5.75 Å². The van der Waals surface area contributed by atoms with E-state index in [1.54, 1.807) is 7.11 Å². The van der Waals surface area contributed by atoms with Crippen LogP contribution in [-0.2, 0) is 0 Å². The minimum absolute atomic E-state index is 0.753. The van der Waals surface area contributed by atoms with Crippen LogP contribution in [0.3, 0.4) is 0 Å². The Bertz CT molecular complexity index is 354. The molecule has 1 aromatic rings. The molecule has 1 N–H and O–H groups in total. The molecule has 0 heterocycles. The van der Waals surface area contributed by atoms with Crippen LogP contribution in [0, 0.1) is 5.92 Å². The minimum atomic E-state index is 0.753. The molecule has 0 spiro atoms. The van der Waals surface area contributed by atoms with Crippen molar-refractivity contribution >= 4 is 21.6 Å². The molecule has 0 amide bonds. The van der Waals surface area contributed by atoms with Crippen molar-refractivity contribution in [2.24, 2.45) is 5.92 Å². The fourth-order valence-electron chi connectivity index (χ4n) is 1.96. The molecule has 0 bridgehead atoms. The van der Waals surface area contributed by atoms with Crippen molar-refractivity contribution in [2.75, 3.05) is 19.0 Å². The maximum atomic E-state index is 5.25. The number of methoxy groups -OCH3 is 1. The van der Waals surface area contributed by atoms with Gasteiger partial charge in [0.25, 0.3) is 0 Å². The zero-order chi connectivity index (χ0) is 13.4. The summed E-state index contributed by atoms with van der Waals surface area (Å²) >= 11 is 3.57. The highest BCUT2D eigenvalue weighted by molar-refractivity contribution is 9.10. The van der Waals surface area contributed by atoms with Gasteiger partial charge in [0.15, 0.2) is 0 Å². The van der Waals surface area contributed by atoms with Crippen LogP contribution in [0.2, 0.25) is 0 Å². The summed E-state index contributed by atoms with van der Waals surface area (Å²) in [7, 11) is 1.70. The van der Waals surface area contributed by atoms with Crippen LogP contribution in [0.5, 0.6) is 5.75 Å². The Morgan fingerprint density at radius 1 is 1.33 bits per heavy atom. The number of benzene rings is 1. The molecule has 0 aromatic heterocycles. The predicted octanol–water partition coefficient (Wildman–Crippen LogP) is 5.09. The normalized spacial score (nSPS) is 12.2. The summed E-state index contributed by atoms with van der Waals surface area (Å²) in [4.78, 5) is 0. The summed E-state index contributed by atoms with van der Waals surface area (Å²) in [5, 5.41) is 3.52. The molecule has 18 heavy (non-hydrogen) atoms. The molecule has 0 fully saturated rings. The molecule has 102 valence electrons. The maximum absolute atomic E-state index is 5.25. The number of unbranched alkanes of at least 4 members (excludes halogenated alkanes) is 1. The molecule has 0 saturated carbocycles. The van der Waals surface area contributed by atoms with Crippen LogP contribution in [0.25, 0.3) is 0 Å². The highest BCUT2D eigenvalue weighted by Gasteiger charge is 2.07. The van der Waals surface area contributed by atoms with Crippen molar-refractivity contribution in [2.45, 2.75) is 39.5 Å². The molecule has 3 heteroatoms. The van der Waals surface area contributed by atoms with E-state index in [9.17, 15) is 0 Å². The van der Waals surface area contributed by atoms with E-state index in [-0.39, 0.29) is 0 Å². The van der Waals surface area contributed by atoms with E-state index in [0.29, 0.717) is 0 Å². The summed E-state index contributed by atoms with van der Waals surface area (Å²) < 4.78 is 6.34. The summed E-state index contributed by atoms with van der Waals surface area (Å²) in [6.45, 7) is 5.55. The van der Waals surface area contributed by atoms with Gasteiger partial charge in [-0.1, -0.05) is 33.1 Å². The third kappa shape index (κ3) is 4.89. The quantitative estimate of drug-likeness (QED) is 0.722. The third-order valence-electron chi connectivity index (χ3n) is 3.30. The van der Waals surface area contributed by atoms with Crippen molar-refractivity contribution in [3.05, 3.63) is 22.7 Å². The van der Waals surface area contributed by atoms with Crippen LogP contribution in [0.15, 0.2) is 22.7 Å². The summed E-state index contributed by atoms with van der Waals surface area (Å²) in [6.07, 6.45) is 5.13. The standard InChI is InChI=1S/C15H24BrNO/c1-4-6-7-12(5-2)11-17-15-10-13(18-3)8-9-14(15)16/h8-10,12,17H,4-7,11H2,1-3H3. The molecule has 1 unspecified atom stereocenters. The van der Waals surface area contributed by atoms with Crippen molar-refractivity contribution in [3.63, 3.8) is 0 Å². The molecule has 1 rings (SSSR count). The molecule has 0 aliphatic rings. The smallest absolute Gasteiger partial charge is 0.121 e. The number of nitrogens with one attached hydrogen (secondary N) is 1. The van der Waals surface area contributed by atoms with Gasteiger partial charge in [-0.05, 0) is 40.4 Å². The second kappa shape index (κ2) is 8.41. The van der Waals surface area contributed by atoms with Crippen LogP contribution in [0.1, 0.15) is 39.5 Å². The molecule has 0 aliphatic carbocycles. The minimum Gasteiger partial charge on any atom is -0.497 e. The lowest BCUT2D eigenvalue weighted by atomic mass is 9.99. The van der Waals surface area contributed by atoms with Gasteiger partial charge < -0.3 is 10.1 Å². The SMILES string of the molecule is CCCCC(CC)CNc1cc(OC)ccc1Br. The van der Waals surface area contributed by atoms with Gasteiger partial charge in [-0.15, -0.1) is 0 Å². The van der Waals surface area contributed by atoms with Gasteiger partial charge in [-0.25, -0.2) is 0 Å². The Kier molecular flexibility index (Phi) is 7.18. The number of halogens is 1. The lowest BCUT2D eigenvalue weighted by Crippen LogP contribution is -2.14. The Hall–Kier alpha value is -0.700. The first-order valence-corrected chi connectivity index (χ1v) is 7.57. The van der Waals surface area contributed by atoms with Crippen LogP contribution in [-0.4, -0.2) is 13.7 Å². The fourth-order valence-corrected chi connectivity index (χ4v) is 2.35. The Balaban J connectivity index is 2.55. The predicted molar refractivity (Wildman–Crippen MR) is 82.5 cm³/mol. The molecule has 0 aliphatic heterocycles. The fraction of sp³-hybridized carbons (Fsp3) is 0.600. The number of anilines is 1. The molecule has 1 atom stereocenters. The molecular formula is C15H24BrNO. The Morgan fingerprint density at radius 2 is 2.11 bits per heavy atom. The average Bonchev–Trinajstić information content (AvgIpc) is 2.40. The van der Waals surface area contributed by atoms with E-state index in [2.05, 4.69) is 35.1 Å². The highest BCUT2D eigenvalue weighted by Crippen LogP contribution is 2.27. The van der Waals surface area contributed by atoms with Crippen molar-refractivity contribution in [1.29, 1.82) is 0 Å². The summed E-state index contributed by atoms with van der Waals surface area (Å²) in [5.74, 6) is 1.64. The number of ether oxygens (including phenoxy) is 1. The Morgan fingerprint density at radius 3 is 2.72 bits per heavy atom. The molecule has 2 nitrogen and oxygen atoms in total. The van der Waals surface area contributed by atoms with Crippen LogP contribution >= 0.6 is 15.9 Å². The van der Waals surface area contributed by atoms with Crippen LogP contribution in [0.4, 0.5) is 5.69 Å². The summed E-state index contributed by atoms with van der Waals surface area (Å²) in [6, 6.07) is 6.02. The number of rotatable bonds is 8. The van der Waals surface area contributed by atoms with E-state index >= 15 is 0 Å². The second-order valence-electron chi connectivity index (χ2n) is 4.64. The number of hydrogen-bond donors (Lipinski definition) is 1. The monoisotopic (exact) mass is 313 g/mol. The van der Waals surface area contributed by atoms with Gasteiger partial charge in [-0.3, -0.25) is 0 Å². The molecule has 0 saturated heterocycles. The zero-order valence-electron chi connectivity index (χ0n) is 11.6. The Labute approximate surface area is 119 Å². The first-order valence-electron chi connectivity index (χ1n) is 6.78. The summed E-state index contributed by atoms with van der Waals surface area (Å²) in [5.41, 5.74) is 1.12. The average molecular weight is 314 g/mol. The maximum Gasteiger partial charge on any atom is 0.121 e. The first kappa shape index (κ1) is 15.4. The highest BCUT2D eigenvalue weighted by atomic mass is 79.9. The van der Waals surface area contributed by atoms with Crippen LogP contribution < -0.4 is 10.1 Å². The topological polar surface area (TPSA) is 21.3 Å². The lowest BCUT2D eigenvalue weighted by Gasteiger charge is -2.17. The lowest BCUT2D eigenvalue weighted by molar-refractivity contribution is 0.415. The van der Waals surface area contributed by atoms with E-state index < -0.39 is 0 Å². The van der Waals surface area contributed by atoms with Gasteiger partial charge in [-0.2, -0.15) is 0 Å². The second-order valence-corrected chi connectivity index (χ2v) is 5.50. The van der Waals surface area contributed by atoms with Gasteiger partial charge in [0.2, 0.25) is 0 Å². The van der Waals surface area contributed by atoms with E-state index in [4.69, 9.17) is 4.74 Å². The van der Waals surface area contributed by atoms with E-state index in [1.165, 1.54) is 25.7 Å². The number of hydrogen-bond acceptors (Lipinski definition) is 2. The first-order chi connectivity index (χ1) is 8.71.